The van der Waals surface area contributed by atoms with Gasteiger partial charge in [-0.2, -0.15) is 0 Å². The summed E-state index contributed by atoms with van der Waals surface area (Å²) in [4.78, 5) is 0. The van der Waals surface area contributed by atoms with Crippen molar-refractivity contribution in [3.8, 4) is 0 Å². The van der Waals surface area contributed by atoms with Crippen LogP contribution in [0.2, 0.25) is 0 Å². The molecule has 0 aromatic heterocycles. The smallest absolute Gasteiger partial charge is 0.0590 e. The molecule has 0 aromatic carbocycles. The fourth-order valence-electron chi connectivity index (χ4n) is 0.225. The van der Waals surface area contributed by atoms with E-state index < -0.39 is 0 Å². The molecule has 0 bridgehead atoms. The molecule has 0 aliphatic carbocycles. The minimum Gasteiger partial charge on any atom is -0.0590 e. The fourth-order valence-corrected chi connectivity index (χ4v) is 1.03. The molecule has 0 N–H and O–H groups in total. The van der Waals surface area contributed by atoms with Crippen molar-refractivity contribution < 1.29 is 0 Å². The lowest BCUT2D eigenvalue weighted by Crippen LogP contribution is -1.82. The molecule has 1 heterocycles. The average molecular weight is 227 g/mol. The zero-order valence-electron chi connectivity index (χ0n) is 3.17. The highest BCUT2D eigenvalue weighted by molar-refractivity contribution is 9.11. The van der Waals surface area contributed by atoms with Gasteiger partial charge >= 0.3 is 0 Å². The first-order valence-corrected chi connectivity index (χ1v) is 3.03. The van der Waals surface area contributed by atoms with Crippen LogP contribution in [0.5, 0.6) is 0 Å². The molecule has 0 fully saturated rings. The highest BCUT2D eigenvalue weighted by Gasteiger charge is 2.13. The predicted octanol–water partition coefficient (Wildman–Crippen LogP) is 1.51. The van der Waals surface area contributed by atoms with E-state index in [9.17, 15) is 0 Å². The summed E-state index contributed by atoms with van der Waals surface area (Å²) >= 11 is 6.15. The van der Waals surface area contributed by atoms with Crippen molar-refractivity contribution in [2.24, 2.45) is 5.22 Å². The van der Waals surface area contributed by atoms with Crippen LogP contribution in [0.4, 0.5) is 0 Å². The van der Waals surface area contributed by atoms with E-state index in [0.29, 0.717) is 0 Å². The maximum Gasteiger partial charge on any atom is 0.287 e. The normalized spacial score (nSPS) is 18.0. The Hall–Kier alpha value is 0.1000. The molecule has 0 unspecified atom stereocenters. The Morgan fingerprint density at radius 2 is 2.57 bits per heavy atom. The molecule has 1 aliphatic rings. The van der Waals surface area contributed by atoms with E-state index in [4.69, 9.17) is 0 Å². The zero-order chi connectivity index (χ0) is 5.28. The molecule has 0 atom stereocenters. The van der Waals surface area contributed by atoms with Gasteiger partial charge in [-0.05, 0) is 0 Å². The van der Waals surface area contributed by atoms with Crippen molar-refractivity contribution in [1.29, 1.82) is 0 Å². The second kappa shape index (κ2) is 1.92. The van der Waals surface area contributed by atoms with E-state index in [2.05, 4.69) is 42.4 Å². The summed E-state index contributed by atoms with van der Waals surface area (Å²) in [6.45, 7) is 0. The van der Waals surface area contributed by atoms with Crippen molar-refractivity contribution in [3.63, 3.8) is 0 Å². The van der Waals surface area contributed by atoms with Crippen molar-refractivity contribution in [1.82, 2.24) is 9.15 Å². The fraction of sp³-hybridized carbons (Fsp3) is 0. The van der Waals surface area contributed by atoms with Gasteiger partial charge in [-0.1, -0.05) is 4.03 Å². The maximum atomic E-state index is 3.60. The highest BCUT2D eigenvalue weighted by atomic mass is 79.9. The Labute approximate surface area is 57.5 Å². The average Bonchev–Trinajstić information content (AvgIpc) is 1.87. The van der Waals surface area contributed by atoms with Crippen LogP contribution in [0.3, 0.4) is 0 Å². The third kappa shape index (κ3) is 1.24. The van der Waals surface area contributed by atoms with Gasteiger partial charge in [0.05, 0.1) is 5.11 Å². The molecule has 0 saturated heterocycles. The van der Waals surface area contributed by atoms with E-state index in [0.717, 1.165) is 4.61 Å². The number of hydrogen-bond donors (Lipinski definition) is 0. The van der Waals surface area contributed by atoms with E-state index in [1.54, 1.807) is 6.20 Å². The minimum absolute atomic E-state index is 0.726. The molecule has 0 amide bonds. The molecule has 0 spiro atoms. The SMILES string of the molecule is BrC1=CN(Br)N=[N+]1. The summed E-state index contributed by atoms with van der Waals surface area (Å²) in [6, 6.07) is 0. The summed E-state index contributed by atoms with van der Waals surface area (Å²) in [5.41, 5.74) is 0. The molecule has 1 aliphatic heterocycles. The standard InChI is InChI=1S/C2HBr2N3/c3-2-1-7(4)6-5-2/h1H/q+1. The lowest BCUT2D eigenvalue weighted by atomic mass is 11.0. The van der Waals surface area contributed by atoms with Gasteiger partial charge in [0.25, 0.3) is 4.61 Å². The van der Waals surface area contributed by atoms with Gasteiger partial charge in [0.1, 0.15) is 0 Å². The van der Waals surface area contributed by atoms with E-state index in [1.807, 2.05) is 0 Å². The van der Waals surface area contributed by atoms with Crippen LogP contribution in [0.15, 0.2) is 16.0 Å². The zero-order valence-corrected chi connectivity index (χ0v) is 6.35. The van der Waals surface area contributed by atoms with Gasteiger partial charge in [0.15, 0.2) is 11.4 Å². The van der Waals surface area contributed by atoms with Crippen molar-refractivity contribution in [3.05, 3.63) is 10.8 Å². The van der Waals surface area contributed by atoms with E-state index >= 15 is 0 Å². The van der Waals surface area contributed by atoms with Gasteiger partial charge < -0.3 is 0 Å². The number of nitrogens with zero attached hydrogens (tertiary/aromatic N) is 3. The van der Waals surface area contributed by atoms with Crippen LogP contribution < -0.4 is 5.11 Å². The Morgan fingerprint density at radius 1 is 1.86 bits per heavy atom. The first kappa shape index (κ1) is 5.24. The summed E-state index contributed by atoms with van der Waals surface area (Å²) < 4.78 is 2.17. The molecule has 0 saturated carbocycles. The van der Waals surface area contributed by atoms with Crippen molar-refractivity contribution in [2.45, 2.75) is 0 Å². The van der Waals surface area contributed by atoms with Gasteiger partial charge in [-0.25, -0.2) is 0 Å². The second-order valence-corrected chi connectivity index (χ2v) is 2.47. The monoisotopic (exact) mass is 225 g/mol. The Kier molecular flexibility index (Phi) is 1.43. The quantitative estimate of drug-likeness (QED) is 0.455. The van der Waals surface area contributed by atoms with Crippen LogP contribution >= 0.6 is 32.1 Å². The van der Waals surface area contributed by atoms with Crippen molar-refractivity contribution >= 4 is 32.1 Å². The predicted molar refractivity (Wildman–Crippen MR) is 32.3 cm³/mol. The molecule has 0 aromatic rings. The molecule has 1 radical (unpaired) electrons. The van der Waals surface area contributed by atoms with Crippen LogP contribution in [0.1, 0.15) is 0 Å². The molecular weight excluding hydrogens is 226 g/mol. The number of halogens is 2. The first-order chi connectivity index (χ1) is 3.29. The molecule has 3 nitrogen and oxygen atoms in total. The van der Waals surface area contributed by atoms with Gasteiger partial charge in [-0.3, -0.25) is 0 Å². The van der Waals surface area contributed by atoms with E-state index in [1.165, 1.54) is 4.03 Å². The molecule has 5 heteroatoms. The third-order valence-electron chi connectivity index (χ3n) is 0.439. The van der Waals surface area contributed by atoms with Crippen LogP contribution in [0.25, 0.3) is 0 Å². The first-order valence-electron chi connectivity index (χ1n) is 1.53. The lowest BCUT2D eigenvalue weighted by Gasteiger charge is -1.74. The van der Waals surface area contributed by atoms with Crippen LogP contribution in [0, 0.1) is 0 Å². The summed E-state index contributed by atoms with van der Waals surface area (Å²) in [7, 11) is 0. The van der Waals surface area contributed by atoms with Gasteiger partial charge in [-0.15, -0.1) is 0 Å². The molecule has 7 heavy (non-hydrogen) atoms. The van der Waals surface area contributed by atoms with Crippen LogP contribution in [-0.4, -0.2) is 4.03 Å². The summed E-state index contributed by atoms with van der Waals surface area (Å²) in [5, 5.41) is 7.15. The third-order valence-corrected chi connectivity index (χ3v) is 1.15. The summed E-state index contributed by atoms with van der Waals surface area (Å²) in [5.74, 6) is 0. The largest absolute Gasteiger partial charge is 0.287 e. The number of hydrogen-bond acceptors (Lipinski definition) is 3. The Morgan fingerprint density at radius 3 is 2.71 bits per heavy atom. The highest BCUT2D eigenvalue weighted by Crippen LogP contribution is 2.12. The maximum absolute atomic E-state index is 3.60. The Bertz CT molecular complexity index is 129. The molecular formula is C2HBr2N3+. The molecule has 1 rings (SSSR count). The van der Waals surface area contributed by atoms with Crippen molar-refractivity contribution in [2.75, 3.05) is 0 Å². The Balaban J connectivity index is 2.69. The van der Waals surface area contributed by atoms with Crippen LogP contribution in [-0.2, 0) is 0 Å². The van der Waals surface area contributed by atoms with Gasteiger partial charge in [0.2, 0.25) is 16.1 Å². The minimum atomic E-state index is 0.726. The lowest BCUT2D eigenvalue weighted by molar-refractivity contribution is 0.662. The number of rotatable bonds is 0. The topological polar surface area (TPSA) is 29.7 Å². The summed E-state index contributed by atoms with van der Waals surface area (Å²) in [6.07, 6.45) is 1.69. The second-order valence-electron chi connectivity index (χ2n) is 0.930. The van der Waals surface area contributed by atoms with Gasteiger partial charge in [0, 0.05) is 15.9 Å². The van der Waals surface area contributed by atoms with E-state index in [-0.39, 0.29) is 0 Å². The molecule has 37 valence electrons.